The molecular weight excluding hydrogens is 340 g/mol. The number of morpholine rings is 1. The van der Waals surface area contributed by atoms with Crippen molar-refractivity contribution in [3.05, 3.63) is 59.0 Å². The molecular formula is C18H19ClN4O2. The zero-order chi connectivity index (χ0) is 17.5. The largest absolute Gasteiger partial charge is 0.378 e. The topological polar surface area (TPSA) is 67.4 Å². The predicted octanol–water partition coefficient (Wildman–Crippen LogP) is 2.30. The van der Waals surface area contributed by atoms with Crippen molar-refractivity contribution >= 4 is 29.4 Å². The maximum absolute atomic E-state index is 11.9. The molecule has 0 atom stereocenters. The molecule has 1 aliphatic heterocycles. The van der Waals surface area contributed by atoms with Crippen LogP contribution in [0.25, 0.3) is 6.08 Å². The molecule has 1 amide bonds. The summed E-state index contributed by atoms with van der Waals surface area (Å²) >= 11 is 5.83. The van der Waals surface area contributed by atoms with Crippen LogP contribution in [0.15, 0.2) is 42.6 Å². The van der Waals surface area contributed by atoms with Gasteiger partial charge in [0, 0.05) is 30.4 Å². The second-order valence-corrected chi connectivity index (χ2v) is 5.97. The van der Waals surface area contributed by atoms with Gasteiger partial charge in [-0.15, -0.1) is 0 Å². The summed E-state index contributed by atoms with van der Waals surface area (Å²) in [5.41, 5.74) is 0.908. The third-order valence-electron chi connectivity index (χ3n) is 3.74. The molecule has 1 fully saturated rings. The summed E-state index contributed by atoms with van der Waals surface area (Å²) in [5, 5.41) is 3.46. The van der Waals surface area contributed by atoms with Crippen LogP contribution in [-0.4, -0.2) is 42.2 Å². The fourth-order valence-corrected chi connectivity index (χ4v) is 2.54. The average Bonchev–Trinajstić information content (AvgIpc) is 2.67. The molecule has 7 heteroatoms. The van der Waals surface area contributed by atoms with Crippen LogP contribution in [0.3, 0.4) is 0 Å². The van der Waals surface area contributed by atoms with Gasteiger partial charge in [0.25, 0.3) is 0 Å². The van der Waals surface area contributed by atoms with Crippen LogP contribution in [0, 0.1) is 0 Å². The lowest BCUT2D eigenvalue weighted by Crippen LogP contribution is -2.37. The number of amides is 1. The molecule has 1 N–H and O–H groups in total. The quantitative estimate of drug-likeness (QED) is 0.831. The van der Waals surface area contributed by atoms with Crippen molar-refractivity contribution in [2.75, 3.05) is 31.2 Å². The summed E-state index contributed by atoms with van der Waals surface area (Å²) in [6.45, 7) is 3.30. The fraction of sp³-hybridized carbons (Fsp3) is 0.278. The van der Waals surface area contributed by atoms with Gasteiger partial charge in [0.05, 0.1) is 19.8 Å². The van der Waals surface area contributed by atoms with E-state index >= 15 is 0 Å². The Morgan fingerprint density at radius 2 is 2.00 bits per heavy atom. The van der Waals surface area contributed by atoms with Crippen molar-refractivity contribution < 1.29 is 9.53 Å². The molecule has 0 unspecified atom stereocenters. The molecule has 6 nitrogen and oxygen atoms in total. The van der Waals surface area contributed by atoms with Crippen LogP contribution in [0.2, 0.25) is 5.02 Å². The number of carbonyl (C=O) groups excluding carboxylic acids is 1. The molecule has 2 aromatic rings. The summed E-state index contributed by atoms with van der Waals surface area (Å²) in [6, 6.07) is 9.13. The summed E-state index contributed by atoms with van der Waals surface area (Å²) in [7, 11) is 0. The lowest BCUT2D eigenvalue weighted by atomic mass is 10.2. The number of nitrogens with zero attached hydrogens (tertiary/aromatic N) is 3. The number of carbonyl (C=O) groups is 1. The number of nitrogens with one attached hydrogen (secondary N) is 1. The molecule has 0 radical (unpaired) electrons. The van der Waals surface area contributed by atoms with E-state index in [0.29, 0.717) is 24.1 Å². The Hall–Kier alpha value is -2.44. The van der Waals surface area contributed by atoms with Gasteiger partial charge in [-0.3, -0.25) is 4.79 Å². The summed E-state index contributed by atoms with van der Waals surface area (Å²) < 4.78 is 5.34. The first-order chi connectivity index (χ1) is 12.2. The highest BCUT2D eigenvalue weighted by molar-refractivity contribution is 6.30. The van der Waals surface area contributed by atoms with Crippen molar-refractivity contribution in [1.29, 1.82) is 0 Å². The number of benzene rings is 1. The molecule has 0 saturated carbocycles. The lowest BCUT2D eigenvalue weighted by molar-refractivity contribution is -0.116. The van der Waals surface area contributed by atoms with Gasteiger partial charge in [-0.1, -0.05) is 23.7 Å². The van der Waals surface area contributed by atoms with Crippen LogP contribution in [0.4, 0.5) is 5.82 Å². The predicted molar refractivity (Wildman–Crippen MR) is 97.4 cm³/mol. The number of aromatic nitrogens is 2. The molecule has 0 aliphatic carbocycles. The average molecular weight is 359 g/mol. The zero-order valence-electron chi connectivity index (χ0n) is 13.7. The van der Waals surface area contributed by atoms with E-state index in [4.69, 9.17) is 16.3 Å². The van der Waals surface area contributed by atoms with E-state index in [9.17, 15) is 4.79 Å². The van der Waals surface area contributed by atoms with Gasteiger partial charge in [-0.2, -0.15) is 0 Å². The summed E-state index contributed by atoms with van der Waals surface area (Å²) in [6.07, 6.45) is 4.93. The van der Waals surface area contributed by atoms with E-state index in [1.807, 2.05) is 18.2 Å². The van der Waals surface area contributed by atoms with Crippen molar-refractivity contribution in [2.45, 2.75) is 6.54 Å². The van der Waals surface area contributed by atoms with Crippen molar-refractivity contribution in [3.8, 4) is 0 Å². The molecule has 25 heavy (non-hydrogen) atoms. The molecule has 0 bridgehead atoms. The minimum absolute atomic E-state index is 0.199. The molecule has 1 aliphatic rings. The Labute approximate surface area is 151 Å². The highest BCUT2D eigenvalue weighted by Crippen LogP contribution is 2.12. The van der Waals surface area contributed by atoms with Crippen molar-refractivity contribution in [1.82, 2.24) is 15.3 Å². The van der Waals surface area contributed by atoms with Crippen LogP contribution < -0.4 is 10.2 Å². The Morgan fingerprint density at radius 3 is 2.76 bits per heavy atom. The van der Waals surface area contributed by atoms with E-state index in [2.05, 4.69) is 20.2 Å². The Balaban J connectivity index is 1.54. The van der Waals surface area contributed by atoms with Crippen LogP contribution in [0.1, 0.15) is 11.4 Å². The first kappa shape index (κ1) is 17.4. The van der Waals surface area contributed by atoms with Gasteiger partial charge in [0.15, 0.2) is 0 Å². The van der Waals surface area contributed by atoms with Gasteiger partial charge < -0.3 is 15.0 Å². The van der Waals surface area contributed by atoms with Gasteiger partial charge in [0.1, 0.15) is 11.6 Å². The van der Waals surface area contributed by atoms with E-state index in [1.165, 1.54) is 6.08 Å². The minimum Gasteiger partial charge on any atom is -0.378 e. The van der Waals surface area contributed by atoms with Crippen molar-refractivity contribution in [3.63, 3.8) is 0 Å². The third-order valence-corrected chi connectivity index (χ3v) is 4.00. The SMILES string of the molecule is O=C(/C=C/c1ccc(Cl)cc1)NCc1nccc(N2CCOCC2)n1. The van der Waals surface area contributed by atoms with Crippen LogP contribution >= 0.6 is 11.6 Å². The van der Waals surface area contributed by atoms with Gasteiger partial charge >= 0.3 is 0 Å². The van der Waals surface area contributed by atoms with E-state index in [0.717, 1.165) is 24.5 Å². The number of hydrogen-bond acceptors (Lipinski definition) is 5. The molecule has 1 aromatic carbocycles. The molecule has 1 aromatic heterocycles. The number of rotatable bonds is 5. The van der Waals surface area contributed by atoms with E-state index < -0.39 is 0 Å². The van der Waals surface area contributed by atoms with Crippen molar-refractivity contribution in [2.24, 2.45) is 0 Å². The normalized spacial score (nSPS) is 14.7. The van der Waals surface area contributed by atoms with Crippen LogP contribution in [0.5, 0.6) is 0 Å². The summed E-state index contributed by atoms with van der Waals surface area (Å²) in [5.74, 6) is 1.24. The molecule has 0 spiro atoms. The number of halogens is 1. The van der Waals surface area contributed by atoms with Gasteiger partial charge in [0.2, 0.25) is 5.91 Å². The lowest BCUT2D eigenvalue weighted by Gasteiger charge is -2.27. The van der Waals surface area contributed by atoms with E-state index in [-0.39, 0.29) is 12.5 Å². The number of ether oxygens (including phenoxy) is 1. The first-order valence-electron chi connectivity index (χ1n) is 8.07. The Morgan fingerprint density at radius 1 is 1.24 bits per heavy atom. The van der Waals surface area contributed by atoms with Crippen LogP contribution in [-0.2, 0) is 16.1 Å². The monoisotopic (exact) mass is 358 g/mol. The third kappa shape index (κ3) is 5.27. The molecule has 2 heterocycles. The second kappa shape index (κ2) is 8.60. The fourth-order valence-electron chi connectivity index (χ4n) is 2.41. The number of anilines is 1. The molecule has 1 saturated heterocycles. The smallest absolute Gasteiger partial charge is 0.244 e. The van der Waals surface area contributed by atoms with E-state index in [1.54, 1.807) is 24.4 Å². The maximum atomic E-state index is 11.9. The highest BCUT2D eigenvalue weighted by atomic mass is 35.5. The Kier molecular flexibility index (Phi) is 5.98. The first-order valence-corrected chi connectivity index (χ1v) is 8.44. The minimum atomic E-state index is -0.199. The standard InChI is InChI=1S/C18H19ClN4O2/c19-15-4-1-14(2-5-15)3-6-18(24)21-13-16-20-8-7-17(22-16)23-9-11-25-12-10-23/h1-8H,9-13H2,(H,21,24)/b6-3+. The second-order valence-electron chi connectivity index (χ2n) is 5.53. The Bertz CT molecular complexity index is 743. The number of hydrogen-bond donors (Lipinski definition) is 1. The zero-order valence-corrected chi connectivity index (χ0v) is 14.4. The molecule has 3 rings (SSSR count). The van der Waals surface area contributed by atoms with Gasteiger partial charge in [-0.05, 0) is 29.8 Å². The highest BCUT2D eigenvalue weighted by Gasteiger charge is 2.13. The maximum Gasteiger partial charge on any atom is 0.244 e. The van der Waals surface area contributed by atoms with Gasteiger partial charge in [-0.25, -0.2) is 9.97 Å². The molecule has 130 valence electrons. The summed E-state index contributed by atoms with van der Waals surface area (Å²) in [4.78, 5) is 22.8.